The fourth-order valence-electron chi connectivity index (χ4n) is 1.70. The van der Waals surface area contributed by atoms with Crippen LogP contribution in [0.15, 0.2) is 12.3 Å². The highest BCUT2D eigenvalue weighted by atomic mass is 15.3. The fourth-order valence-corrected chi connectivity index (χ4v) is 1.70. The van der Waals surface area contributed by atoms with E-state index in [4.69, 9.17) is 5.73 Å². The normalized spacial score (nSPS) is 10.7. The monoisotopic (exact) mass is 217 g/mol. The highest BCUT2D eigenvalue weighted by Crippen LogP contribution is 2.19. The maximum absolute atomic E-state index is 5.89. The summed E-state index contributed by atoms with van der Waals surface area (Å²) in [6.07, 6.45) is 2.71. The van der Waals surface area contributed by atoms with Crippen LogP contribution in [0.3, 0.4) is 0 Å². The maximum Gasteiger partial charge on any atom is 0.182 e. The zero-order valence-electron chi connectivity index (χ0n) is 9.73. The molecule has 0 fully saturated rings. The molecule has 0 aliphatic carbocycles. The van der Waals surface area contributed by atoms with E-state index in [1.54, 1.807) is 4.68 Å². The zero-order valence-corrected chi connectivity index (χ0v) is 9.73. The lowest BCUT2D eigenvalue weighted by Crippen LogP contribution is -2.04. The second kappa shape index (κ2) is 3.92. The van der Waals surface area contributed by atoms with Gasteiger partial charge in [-0.15, -0.1) is 0 Å². The van der Waals surface area contributed by atoms with Gasteiger partial charge in [0.25, 0.3) is 0 Å². The molecule has 5 heteroatoms. The van der Waals surface area contributed by atoms with Gasteiger partial charge in [-0.2, -0.15) is 5.10 Å². The average molecular weight is 217 g/mol. The van der Waals surface area contributed by atoms with Crippen molar-refractivity contribution in [1.29, 1.82) is 0 Å². The van der Waals surface area contributed by atoms with Gasteiger partial charge in [-0.25, -0.2) is 9.97 Å². The number of nitrogens with two attached hydrogens (primary N) is 1. The summed E-state index contributed by atoms with van der Waals surface area (Å²) >= 11 is 0. The second-order valence-corrected chi connectivity index (χ2v) is 3.72. The van der Waals surface area contributed by atoms with Crippen LogP contribution in [0.5, 0.6) is 0 Å². The van der Waals surface area contributed by atoms with Crippen LogP contribution in [-0.4, -0.2) is 19.7 Å². The first kappa shape index (κ1) is 10.6. The molecule has 2 aromatic rings. The number of hydrogen-bond donors (Lipinski definition) is 1. The van der Waals surface area contributed by atoms with Gasteiger partial charge < -0.3 is 5.73 Å². The van der Waals surface area contributed by atoms with Crippen LogP contribution in [0.4, 0.5) is 5.82 Å². The molecule has 0 saturated heterocycles. The third-order valence-corrected chi connectivity index (χ3v) is 2.54. The summed E-state index contributed by atoms with van der Waals surface area (Å²) < 4.78 is 1.72. The van der Waals surface area contributed by atoms with Crippen molar-refractivity contribution >= 4 is 5.82 Å². The highest BCUT2D eigenvalue weighted by molar-refractivity contribution is 5.54. The molecule has 0 atom stereocenters. The Bertz CT molecular complexity index is 492. The van der Waals surface area contributed by atoms with Gasteiger partial charge in [0.2, 0.25) is 0 Å². The van der Waals surface area contributed by atoms with Crippen LogP contribution in [0.25, 0.3) is 11.5 Å². The SMILES string of the molecule is CCc1c(C)nc(-c2ccn(C)n2)nc1N. The smallest absolute Gasteiger partial charge is 0.182 e. The summed E-state index contributed by atoms with van der Waals surface area (Å²) in [5.41, 5.74) is 8.58. The van der Waals surface area contributed by atoms with E-state index in [1.165, 1.54) is 0 Å². The van der Waals surface area contributed by atoms with Crippen molar-refractivity contribution in [2.75, 3.05) is 5.73 Å². The summed E-state index contributed by atoms with van der Waals surface area (Å²) in [7, 11) is 1.86. The highest BCUT2D eigenvalue weighted by Gasteiger charge is 2.10. The minimum absolute atomic E-state index is 0.552. The molecule has 0 unspecified atom stereocenters. The minimum atomic E-state index is 0.552. The molecule has 2 rings (SSSR count). The van der Waals surface area contributed by atoms with Crippen molar-refractivity contribution in [1.82, 2.24) is 19.7 Å². The largest absolute Gasteiger partial charge is 0.383 e. The molecular formula is C11H15N5. The quantitative estimate of drug-likeness (QED) is 0.823. The van der Waals surface area contributed by atoms with E-state index >= 15 is 0 Å². The van der Waals surface area contributed by atoms with Crippen LogP contribution >= 0.6 is 0 Å². The summed E-state index contributed by atoms with van der Waals surface area (Å²) in [5, 5.41) is 4.25. The molecule has 16 heavy (non-hydrogen) atoms. The molecule has 2 aromatic heterocycles. The van der Waals surface area contributed by atoms with Gasteiger partial charge in [0, 0.05) is 24.5 Å². The molecule has 5 nitrogen and oxygen atoms in total. The Labute approximate surface area is 94.3 Å². The van der Waals surface area contributed by atoms with Gasteiger partial charge in [-0.05, 0) is 19.4 Å². The van der Waals surface area contributed by atoms with Crippen molar-refractivity contribution in [2.24, 2.45) is 7.05 Å². The lowest BCUT2D eigenvalue weighted by molar-refractivity contribution is 0.768. The van der Waals surface area contributed by atoms with Gasteiger partial charge >= 0.3 is 0 Å². The molecule has 2 N–H and O–H groups in total. The Hall–Kier alpha value is -1.91. The van der Waals surface area contributed by atoms with E-state index in [0.29, 0.717) is 11.6 Å². The second-order valence-electron chi connectivity index (χ2n) is 3.72. The molecule has 0 aliphatic heterocycles. The van der Waals surface area contributed by atoms with E-state index in [0.717, 1.165) is 23.4 Å². The first-order valence-corrected chi connectivity index (χ1v) is 5.24. The van der Waals surface area contributed by atoms with Crippen LogP contribution in [0.1, 0.15) is 18.2 Å². The minimum Gasteiger partial charge on any atom is -0.383 e. The number of aromatic nitrogens is 4. The van der Waals surface area contributed by atoms with Gasteiger partial charge in [0.05, 0.1) is 0 Å². The van der Waals surface area contributed by atoms with E-state index < -0.39 is 0 Å². The van der Waals surface area contributed by atoms with Crippen LogP contribution in [0.2, 0.25) is 0 Å². The maximum atomic E-state index is 5.89. The average Bonchev–Trinajstić information content (AvgIpc) is 2.64. The third-order valence-electron chi connectivity index (χ3n) is 2.54. The van der Waals surface area contributed by atoms with Crippen molar-refractivity contribution in [3.63, 3.8) is 0 Å². The first-order chi connectivity index (χ1) is 7.61. The predicted molar refractivity (Wildman–Crippen MR) is 62.8 cm³/mol. The van der Waals surface area contributed by atoms with E-state index in [1.807, 2.05) is 33.2 Å². The van der Waals surface area contributed by atoms with Crippen LogP contribution in [0, 0.1) is 6.92 Å². The molecule has 2 heterocycles. The third kappa shape index (κ3) is 1.76. The van der Waals surface area contributed by atoms with Crippen molar-refractivity contribution in [2.45, 2.75) is 20.3 Å². The number of anilines is 1. The molecule has 0 spiro atoms. The molecular weight excluding hydrogens is 202 g/mol. The Balaban J connectivity index is 2.52. The number of hydrogen-bond acceptors (Lipinski definition) is 4. The Morgan fingerprint density at radius 3 is 2.62 bits per heavy atom. The number of aryl methyl sites for hydroxylation is 2. The zero-order chi connectivity index (χ0) is 11.7. The summed E-state index contributed by atoms with van der Waals surface area (Å²) in [5.74, 6) is 1.14. The topological polar surface area (TPSA) is 69.6 Å². The van der Waals surface area contributed by atoms with E-state index in [9.17, 15) is 0 Å². The molecule has 0 aliphatic rings. The molecule has 0 amide bonds. The molecule has 0 bridgehead atoms. The van der Waals surface area contributed by atoms with E-state index in [-0.39, 0.29) is 0 Å². The van der Waals surface area contributed by atoms with Crippen molar-refractivity contribution in [3.05, 3.63) is 23.5 Å². The summed E-state index contributed by atoms with van der Waals surface area (Å²) in [4.78, 5) is 8.70. The van der Waals surface area contributed by atoms with Crippen LogP contribution < -0.4 is 5.73 Å². The Morgan fingerprint density at radius 1 is 1.38 bits per heavy atom. The van der Waals surface area contributed by atoms with E-state index in [2.05, 4.69) is 15.1 Å². The standard InChI is InChI=1S/C11H15N5/c1-4-8-7(2)13-11(14-10(8)12)9-5-6-16(3)15-9/h5-6H,4H2,1-3H3,(H2,12,13,14). The lowest BCUT2D eigenvalue weighted by Gasteiger charge is -2.07. The van der Waals surface area contributed by atoms with Crippen LogP contribution in [-0.2, 0) is 13.5 Å². The van der Waals surface area contributed by atoms with Crippen molar-refractivity contribution in [3.8, 4) is 11.5 Å². The van der Waals surface area contributed by atoms with Crippen molar-refractivity contribution < 1.29 is 0 Å². The summed E-state index contributed by atoms with van der Waals surface area (Å²) in [6.45, 7) is 3.99. The number of nitrogens with zero attached hydrogens (tertiary/aromatic N) is 4. The Morgan fingerprint density at radius 2 is 2.12 bits per heavy atom. The molecule has 84 valence electrons. The first-order valence-electron chi connectivity index (χ1n) is 5.24. The summed E-state index contributed by atoms with van der Waals surface area (Å²) in [6, 6.07) is 1.87. The predicted octanol–water partition coefficient (Wildman–Crippen LogP) is 1.33. The molecule has 0 aromatic carbocycles. The number of rotatable bonds is 2. The molecule has 0 saturated carbocycles. The fraction of sp³-hybridized carbons (Fsp3) is 0.364. The number of nitrogen functional groups attached to an aromatic ring is 1. The van der Waals surface area contributed by atoms with Gasteiger partial charge in [-0.1, -0.05) is 6.92 Å². The van der Waals surface area contributed by atoms with Gasteiger partial charge in [0.15, 0.2) is 5.82 Å². The van der Waals surface area contributed by atoms with Gasteiger partial charge in [-0.3, -0.25) is 4.68 Å². The lowest BCUT2D eigenvalue weighted by atomic mass is 10.1. The molecule has 0 radical (unpaired) electrons. The Kier molecular flexibility index (Phi) is 2.60. The van der Waals surface area contributed by atoms with Gasteiger partial charge in [0.1, 0.15) is 11.5 Å².